The quantitative estimate of drug-likeness (QED) is 0.843. The zero-order chi connectivity index (χ0) is 12.6. The van der Waals surface area contributed by atoms with E-state index in [1.54, 1.807) is 0 Å². The number of phenols is 1. The summed E-state index contributed by atoms with van der Waals surface area (Å²) in [6.45, 7) is 0. The van der Waals surface area contributed by atoms with Gasteiger partial charge < -0.3 is 5.11 Å². The molecule has 0 saturated heterocycles. The summed E-state index contributed by atoms with van der Waals surface area (Å²) in [5.41, 5.74) is -1.43. The molecule has 1 N–H and O–H groups in total. The maximum atomic E-state index is 12.3. The van der Waals surface area contributed by atoms with Crippen LogP contribution in [0.15, 0.2) is 18.2 Å². The van der Waals surface area contributed by atoms with Gasteiger partial charge in [-0.05, 0) is 17.7 Å². The van der Waals surface area contributed by atoms with E-state index in [1.807, 2.05) is 0 Å². The average Bonchev–Trinajstić information content (AvgIpc) is 2.04. The second-order valence-corrected chi connectivity index (χ2v) is 5.81. The summed E-state index contributed by atoms with van der Waals surface area (Å²) in [4.78, 5) is 0. The van der Waals surface area contributed by atoms with Gasteiger partial charge in [0, 0.05) is 10.7 Å². The lowest BCUT2D eigenvalue weighted by atomic mass is 10.1. The second-order valence-electron chi connectivity index (χ2n) is 3.03. The summed E-state index contributed by atoms with van der Waals surface area (Å²) in [5.74, 6) is -1.68. The molecule has 0 amide bonds. The minimum Gasteiger partial charge on any atom is -0.507 e. The third kappa shape index (κ3) is 3.57. The van der Waals surface area contributed by atoms with Crippen LogP contribution in [0.25, 0.3) is 0 Å². The SMILES string of the molecule is O=S(=O)(Cl)Cc1ccc(O)c(C(F)(F)F)c1. The minimum atomic E-state index is -4.74. The third-order valence-corrected chi connectivity index (χ3v) is 2.71. The van der Waals surface area contributed by atoms with Crippen LogP contribution < -0.4 is 0 Å². The Morgan fingerprint density at radius 3 is 2.31 bits per heavy atom. The van der Waals surface area contributed by atoms with Gasteiger partial charge in [0.25, 0.3) is 0 Å². The molecule has 0 aliphatic rings. The van der Waals surface area contributed by atoms with E-state index in [-0.39, 0.29) is 5.56 Å². The Morgan fingerprint density at radius 1 is 1.31 bits per heavy atom. The highest BCUT2D eigenvalue weighted by Crippen LogP contribution is 2.36. The molecule has 1 aromatic rings. The molecule has 0 radical (unpaired) electrons. The molecule has 0 heterocycles. The van der Waals surface area contributed by atoms with Gasteiger partial charge in [-0.1, -0.05) is 6.07 Å². The Balaban J connectivity index is 3.18. The van der Waals surface area contributed by atoms with Crippen LogP contribution in [-0.4, -0.2) is 13.5 Å². The summed E-state index contributed by atoms with van der Waals surface area (Å²) < 4.78 is 58.3. The molecular formula is C8H6ClF3O3S. The summed E-state index contributed by atoms with van der Waals surface area (Å²) in [5, 5.41) is 8.97. The van der Waals surface area contributed by atoms with Gasteiger partial charge in [-0.15, -0.1) is 0 Å². The van der Waals surface area contributed by atoms with Crippen molar-refractivity contribution in [2.24, 2.45) is 0 Å². The van der Waals surface area contributed by atoms with E-state index in [2.05, 4.69) is 0 Å². The molecule has 0 aromatic heterocycles. The fourth-order valence-corrected chi connectivity index (χ4v) is 2.05. The number of hydrogen-bond donors (Lipinski definition) is 1. The summed E-state index contributed by atoms with van der Waals surface area (Å²) in [6, 6.07) is 2.39. The standard InChI is InChI=1S/C8H6ClF3O3S/c9-16(14,15)4-5-1-2-7(13)6(3-5)8(10,11)12/h1-3,13H,4H2. The Labute approximate surface area is 93.9 Å². The average molecular weight is 275 g/mol. The van der Waals surface area contributed by atoms with Crippen molar-refractivity contribution >= 4 is 19.7 Å². The van der Waals surface area contributed by atoms with E-state index in [0.29, 0.717) is 6.07 Å². The molecule has 0 aliphatic carbocycles. The van der Waals surface area contributed by atoms with E-state index < -0.39 is 32.3 Å². The van der Waals surface area contributed by atoms with Crippen LogP contribution in [0.1, 0.15) is 11.1 Å². The monoisotopic (exact) mass is 274 g/mol. The van der Waals surface area contributed by atoms with Crippen molar-refractivity contribution in [3.05, 3.63) is 29.3 Å². The maximum Gasteiger partial charge on any atom is 0.419 e. The Morgan fingerprint density at radius 2 is 1.88 bits per heavy atom. The molecule has 0 unspecified atom stereocenters. The number of rotatable bonds is 2. The maximum absolute atomic E-state index is 12.3. The molecule has 16 heavy (non-hydrogen) atoms. The first kappa shape index (κ1) is 13.1. The minimum absolute atomic E-state index is 0.139. The van der Waals surface area contributed by atoms with Crippen molar-refractivity contribution in [1.29, 1.82) is 0 Å². The molecule has 8 heteroatoms. The van der Waals surface area contributed by atoms with Crippen molar-refractivity contribution in [2.75, 3.05) is 0 Å². The highest BCUT2D eigenvalue weighted by Gasteiger charge is 2.34. The number of benzene rings is 1. The predicted octanol–water partition coefficient (Wildman–Crippen LogP) is 2.48. The van der Waals surface area contributed by atoms with E-state index in [4.69, 9.17) is 15.8 Å². The van der Waals surface area contributed by atoms with Crippen molar-refractivity contribution in [1.82, 2.24) is 0 Å². The first-order valence-electron chi connectivity index (χ1n) is 3.91. The zero-order valence-electron chi connectivity index (χ0n) is 7.62. The van der Waals surface area contributed by atoms with Gasteiger partial charge in [0.2, 0.25) is 9.05 Å². The van der Waals surface area contributed by atoms with Crippen LogP contribution in [0.4, 0.5) is 13.2 Å². The Hall–Kier alpha value is -0.950. The van der Waals surface area contributed by atoms with Gasteiger partial charge in [-0.3, -0.25) is 0 Å². The molecule has 1 aromatic carbocycles. The van der Waals surface area contributed by atoms with Gasteiger partial charge >= 0.3 is 6.18 Å². The lowest BCUT2D eigenvalue weighted by Crippen LogP contribution is -2.06. The summed E-state index contributed by atoms with van der Waals surface area (Å²) in [7, 11) is 0.974. The first-order valence-corrected chi connectivity index (χ1v) is 6.39. The highest BCUT2D eigenvalue weighted by atomic mass is 35.7. The molecule has 0 aliphatic heterocycles. The third-order valence-electron chi connectivity index (χ3n) is 1.71. The number of alkyl halides is 3. The van der Waals surface area contributed by atoms with E-state index in [0.717, 1.165) is 12.1 Å². The van der Waals surface area contributed by atoms with Gasteiger partial charge in [0.05, 0.1) is 11.3 Å². The smallest absolute Gasteiger partial charge is 0.419 e. The topological polar surface area (TPSA) is 54.4 Å². The molecule has 3 nitrogen and oxygen atoms in total. The van der Waals surface area contributed by atoms with Gasteiger partial charge in [-0.25, -0.2) is 8.42 Å². The van der Waals surface area contributed by atoms with Crippen molar-refractivity contribution in [2.45, 2.75) is 11.9 Å². The summed E-state index contributed by atoms with van der Waals surface area (Å²) >= 11 is 0. The predicted molar refractivity (Wildman–Crippen MR) is 51.6 cm³/mol. The van der Waals surface area contributed by atoms with E-state index in [1.165, 1.54) is 0 Å². The molecule has 90 valence electrons. The molecule has 0 fully saturated rings. The number of halogens is 4. The van der Waals surface area contributed by atoms with Crippen LogP contribution in [0, 0.1) is 0 Å². The van der Waals surface area contributed by atoms with Crippen LogP contribution >= 0.6 is 10.7 Å². The second kappa shape index (κ2) is 4.14. The number of aromatic hydroxyl groups is 1. The lowest BCUT2D eigenvalue weighted by molar-refractivity contribution is -0.138. The van der Waals surface area contributed by atoms with Gasteiger partial charge in [0.15, 0.2) is 0 Å². The normalized spacial score (nSPS) is 12.8. The fraction of sp³-hybridized carbons (Fsp3) is 0.250. The van der Waals surface area contributed by atoms with Gasteiger partial charge in [0.1, 0.15) is 5.75 Å². The van der Waals surface area contributed by atoms with Crippen LogP contribution in [0.2, 0.25) is 0 Å². The van der Waals surface area contributed by atoms with Crippen LogP contribution in [0.5, 0.6) is 5.75 Å². The molecule has 0 spiro atoms. The van der Waals surface area contributed by atoms with Crippen molar-refractivity contribution in [3.63, 3.8) is 0 Å². The van der Waals surface area contributed by atoms with E-state index >= 15 is 0 Å². The molecule has 0 atom stereocenters. The number of phenolic OH excluding ortho intramolecular Hbond substituents is 1. The molecule has 0 bridgehead atoms. The van der Waals surface area contributed by atoms with E-state index in [9.17, 15) is 21.6 Å². The van der Waals surface area contributed by atoms with Crippen molar-refractivity contribution in [3.8, 4) is 5.75 Å². The molecular weight excluding hydrogens is 269 g/mol. The van der Waals surface area contributed by atoms with Crippen molar-refractivity contribution < 1.29 is 26.7 Å². The largest absolute Gasteiger partial charge is 0.507 e. The Bertz CT molecular complexity index is 496. The number of hydrogen-bond acceptors (Lipinski definition) is 3. The zero-order valence-corrected chi connectivity index (χ0v) is 9.20. The Kier molecular flexibility index (Phi) is 3.39. The highest BCUT2D eigenvalue weighted by molar-refractivity contribution is 8.13. The van der Waals surface area contributed by atoms with Crippen LogP contribution in [-0.2, 0) is 21.0 Å². The fourth-order valence-electron chi connectivity index (χ4n) is 1.10. The molecule has 0 saturated carbocycles. The van der Waals surface area contributed by atoms with Gasteiger partial charge in [-0.2, -0.15) is 13.2 Å². The lowest BCUT2D eigenvalue weighted by Gasteiger charge is -2.10. The summed E-state index contributed by atoms with van der Waals surface area (Å²) in [6.07, 6.45) is -4.74. The first-order chi connectivity index (χ1) is 7.09. The van der Waals surface area contributed by atoms with Crippen LogP contribution in [0.3, 0.4) is 0 Å². The molecule has 1 rings (SSSR count).